The number of nitrogens with one attached hydrogen (secondary N) is 1. The van der Waals surface area contributed by atoms with Crippen molar-refractivity contribution < 1.29 is 0 Å². The van der Waals surface area contributed by atoms with Gasteiger partial charge in [0.25, 0.3) is 0 Å². The molecule has 0 saturated carbocycles. The van der Waals surface area contributed by atoms with Gasteiger partial charge in [0.2, 0.25) is 0 Å². The Morgan fingerprint density at radius 2 is 2.19 bits per heavy atom. The van der Waals surface area contributed by atoms with Crippen molar-refractivity contribution in [3.63, 3.8) is 0 Å². The average molecular weight is 224 g/mol. The largest absolute Gasteiger partial charge is 0.314 e. The van der Waals surface area contributed by atoms with E-state index in [0.717, 1.165) is 12.6 Å². The molecule has 0 bridgehead atoms. The Morgan fingerprint density at radius 1 is 1.31 bits per heavy atom. The SMILES string of the molecule is C/C=C/CCNC1CCCN(CCC)CC1. The Kier molecular flexibility index (Phi) is 7.52. The fraction of sp³-hybridized carbons (Fsp3) is 0.857. The van der Waals surface area contributed by atoms with E-state index < -0.39 is 0 Å². The van der Waals surface area contributed by atoms with Gasteiger partial charge in [-0.1, -0.05) is 19.1 Å². The van der Waals surface area contributed by atoms with E-state index in [2.05, 4.69) is 36.2 Å². The van der Waals surface area contributed by atoms with E-state index in [1.54, 1.807) is 0 Å². The molecule has 0 aromatic rings. The summed E-state index contributed by atoms with van der Waals surface area (Å²) in [7, 11) is 0. The molecule has 1 aliphatic heterocycles. The average Bonchev–Trinajstić information content (AvgIpc) is 2.51. The lowest BCUT2D eigenvalue weighted by Gasteiger charge is -2.19. The van der Waals surface area contributed by atoms with E-state index in [1.165, 1.54) is 51.7 Å². The van der Waals surface area contributed by atoms with E-state index in [-0.39, 0.29) is 0 Å². The van der Waals surface area contributed by atoms with Crippen LogP contribution < -0.4 is 5.32 Å². The van der Waals surface area contributed by atoms with Crippen LogP contribution in [0, 0.1) is 0 Å². The van der Waals surface area contributed by atoms with Gasteiger partial charge in [0, 0.05) is 6.04 Å². The lowest BCUT2D eigenvalue weighted by molar-refractivity contribution is 0.283. The van der Waals surface area contributed by atoms with E-state index in [0.29, 0.717) is 0 Å². The molecule has 16 heavy (non-hydrogen) atoms. The number of nitrogens with zero attached hydrogens (tertiary/aromatic N) is 1. The van der Waals surface area contributed by atoms with Gasteiger partial charge in [0.15, 0.2) is 0 Å². The first kappa shape index (κ1) is 13.7. The van der Waals surface area contributed by atoms with Crippen LogP contribution in [-0.4, -0.2) is 37.1 Å². The molecule has 94 valence electrons. The van der Waals surface area contributed by atoms with Crippen LogP contribution in [-0.2, 0) is 0 Å². The molecule has 0 amide bonds. The number of rotatable bonds is 6. The van der Waals surface area contributed by atoms with Crippen LogP contribution in [0.1, 0.15) is 46.0 Å². The zero-order valence-corrected chi connectivity index (χ0v) is 11.0. The molecule has 2 heteroatoms. The van der Waals surface area contributed by atoms with Gasteiger partial charge in [-0.05, 0) is 65.2 Å². The summed E-state index contributed by atoms with van der Waals surface area (Å²) < 4.78 is 0. The van der Waals surface area contributed by atoms with E-state index in [9.17, 15) is 0 Å². The molecule has 2 nitrogen and oxygen atoms in total. The highest BCUT2D eigenvalue weighted by atomic mass is 15.1. The molecule has 0 spiro atoms. The third kappa shape index (κ3) is 5.66. The maximum Gasteiger partial charge on any atom is 0.00798 e. The first-order valence-electron chi connectivity index (χ1n) is 6.93. The topological polar surface area (TPSA) is 15.3 Å². The minimum absolute atomic E-state index is 0.757. The fourth-order valence-corrected chi connectivity index (χ4v) is 2.44. The van der Waals surface area contributed by atoms with Gasteiger partial charge >= 0.3 is 0 Å². The third-order valence-electron chi connectivity index (χ3n) is 3.34. The summed E-state index contributed by atoms with van der Waals surface area (Å²) >= 11 is 0. The Hall–Kier alpha value is -0.340. The molecule has 1 rings (SSSR count). The molecule has 0 aromatic carbocycles. The van der Waals surface area contributed by atoms with Gasteiger partial charge in [-0.15, -0.1) is 0 Å². The third-order valence-corrected chi connectivity index (χ3v) is 3.34. The van der Waals surface area contributed by atoms with Crippen LogP contribution >= 0.6 is 0 Å². The molecule has 1 aliphatic rings. The summed E-state index contributed by atoms with van der Waals surface area (Å²) in [5, 5.41) is 3.68. The molecule has 0 radical (unpaired) electrons. The highest BCUT2D eigenvalue weighted by Gasteiger charge is 2.15. The van der Waals surface area contributed by atoms with Gasteiger partial charge in [-0.3, -0.25) is 0 Å². The van der Waals surface area contributed by atoms with Crippen LogP contribution in [0.2, 0.25) is 0 Å². The fourth-order valence-electron chi connectivity index (χ4n) is 2.44. The van der Waals surface area contributed by atoms with Crippen LogP contribution in [0.5, 0.6) is 0 Å². The molecular formula is C14H28N2. The Morgan fingerprint density at radius 3 is 2.94 bits per heavy atom. The van der Waals surface area contributed by atoms with Crippen molar-refractivity contribution in [1.82, 2.24) is 10.2 Å². The van der Waals surface area contributed by atoms with Crippen molar-refractivity contribution in [3.8, 4) is 0 Å². The Bertz CT molecular complexity index is 189. The normalized spacial score (nSPS) is 23.8. The minimum Gasteiger partial charge on any atom is -0.314 e. The highest BCUT2D eigenvalue weighted by molar-refractivity contribution is 4.80. The Labute approximate surface area is 101 Å². The van der Waals surface area contributed by atoms with Crippen molar-refractivity contribution in [1.29, 1.82) is 0 Å². The van der Waals surface area contributed by atoms with Crippen molar-refractivity contribution in [3.05, 3.63) is 12.2 Å². The summed E-state index contributed by atoms with van der Waals surface area (Å²) in [4.78, 5) is 2.62. The highest BCUT2D eigenvalue weighted by Crippen LogP contribution is 2.11. The quantitative estimate of drug-likeness (QED) is 0.551. The minimum atomic E-state index is 0.757. The molecule has 0 aliphatic carbocycles. The first-order valence-corrected chi connectivity index (χ1v) is 6.93. The predicted molar refractivity (Wildman–Crippen MR) is 71.8 cm³/mol. The molecule has 1 unspecified atom stereocenters. The van der Waals surface area contributed by atoms with Crippen molar-refractivity contribution >= 4 is 0 Å². The summed E-state index contributed by atoms with van der Waals surface area (Å²) in [6.45, 7) is 9.38. The summed E-state index contributed by atoms with van der Waals surface area (Å²) in [5.41, 5.74) is 0. The molecule has 1 fully saturated rings. The molecule has 0 aromatic heterocycles. The predicted octanol–water partition coefficient (Wildman–Crippen LogP) is 2.81. The second-order valence-electron chi connectivity index (χ2n) is 4.78. The van der Waals surface area contributed by atoms with E-state index in [1.807, 2.05) is 0 Å². The van der Waals surface area contributed by atoms with Crippen molar-refractivity contribution in [2.75, 3.05) is 26.2 Å². The molecule has 1 atom stereocenters. The van der Waals surface area contributed by atoms with Gasteiger partial charge in [0.1, 0.15) is 0 Å². The zero-order chi connectivity index (χ0) is 11.6. The van der Waals surface area contributed by atoms with Gasteiger partial charge < -0.3 is 10.2 Å². The second-order valence-corrected chi connectivity index (χ2v) is 4.78. The van der Waals surface area contributed by atoms with Gasteiger partial charge in [-0.25, -0.2) is 0 Å². The zero-order valence-electron chi connectivity index (χ0n) is 11.0. The summed E-state index contributed by atoms with van der Waals surface area (Å²) in [6.07, 6.45) is 10.9. The van der Waals surface area contributed by atoms with Gasteiger partial charge in [-0.2, -0.15) is 0 Å². The number of hydrogen-bond donors (Lipinski definition) is 1. The summed E-state index contributed by atoms with van der Waals surface area (Å²) in [5.74, 6) is 0. The standard InChI is InChI=1S/C14H28N2/c1-3-5-6-10-15-14-8-7-12-16(11-4-2)13-9-14/h3,5,14-15H,4,6-13H2,1-2H3/b5-3+. The lowest BCUT2D eigenvalue weighted by atomic mass is 10.1. The molecular weight excluding hydrogens is 196 g/mol. The molecule has 1 N–H and O–H groups in total. The van der Waals surface area contributed by atoms with Crippen LogP contribution in [0.15, 0.2) is 12.2 Å². The van der Waals surface area contributed by atoms with E-state index >= 15 is 0 Å². The monoisotopic (exact) mass is 224 g/mol. The van der Waals surface area contributed by atoms with Crippen LogP contribution in [0.3, 0.4) is 0 Å². The summed E-state index contributed by atoms with van der Waals surface area (Å²) in [6, 6.07) is 0.757. The van der Waals surface area contributed by atoms with Crippen LogP contribution in [0.25, 0.3) is 0 Å². The maximum absolute atomic E-state index is 3.68. The van der Waals surface area contributed by atoms with Crippen molar-refractivity contribution in [2.45, 2.75) is 52.0 Å². The van der Waals surface area contributed by atoms with Crippen molar-refractivity contribution in [2.24, 2.45) is 0 Å². The van der Waals surface area contributed by atoms with E-state index in [4.69, 9.17) is 0 Å². The first-order chi connectivity index (χ1) is 7.86. The smallest absolute Gasteiger partial charge is 0.00798 e. The lowest BCUT2D eigenvalue weighted by Crippen LogP contribution is -2.31. The number of likely N-dealkylation sites (tertiary alicyclic amines) is 1. The number of hydrogen-bond acceptors (Lipinski definition) is 2. The number of allylic oxidation sites excluding steroid dienone is 1. The second kappa shape index (κ2) is 8.77. The maximum atomic E-state index is 3.68. The Balaban J connectivity index is 2.14. The molecule has 1 heterocycles. The van der Waals surface area contributed by atoms with Crippen LogP contribution in [0.4, 0.5) is 0 Å². The van der Waals surface area contributed by atoms with Gasteiger partial charge in [0.05, 0.1) is 0 Å². The molecule has 1 saturated heterocycles.